The van der Waals surface area contributed by atoms with Crippen molar-refractivity contribution in [1.29, 1.82) is 0 Å². The third-order valence-corrected chi connectivity index (χ3v) is 7.45. The Labute approximate surface area is 178 Å². The van der Waals surface area contributed by atoms with Gasteiger partial charge < -0.3 is 5.32 Å². The van der Waals surface area contributed by atoms with E-state index in [4.69, 9.17) is 11.6 Å². The summed E-state index contributed by atoms with van der Waals surface area (Å²) < 4.78 is 0. The molecule has 4 unspecified atom stereocenters. The van der Waals surface area contributed by atoms with Gasteiger partial charge in [-0.3, -0.25) is 19.3 Å². The maximum Gasteiger partial charge on any atom is 0.250 e. The number of aryl methyl sites for hydroxylation is 1. The van der Waals surface area contributed by atoms with Gasteiger partial charge in [0, 0.05) is 22.3 Å². The van der Waals surface area contributed by atoms with Crippen molar-refractivity contribution in [2.24, 2.45) is 11.8 Å². The van der Waals surface area contributed by atoms with Crippen LogP contribution in [0.1, 0.15) is 24.0 Å². The van der Waals surface area contributed by atoms with Crippen molar-refractivity contribution in [2.75, 3.05) is 16.8 Å². The first-order chi connectivity index (χ1) is 14.4. The number of rotatable bonds is 1. The number of carbonyl (C=O) groups excluding carboxylic acids is 3. The molecule has 152 valence electrons. The third kappa shape index (κ3) is 2.01. The fourth-order valence-electron chi connectivity index (χ4n) is 6.20. The molecule has 3 amide bonds. The van der Waals surface area contributed by atoms with Crippen LogP contribution in [0.15, 0.2) is 42.5 Å². The normalized spacial score (nSPS) is 32.0. The number of nitrogens with zero attached hydrogens (tertiary/aromatic N) is 2. The van der Waals surface area contributed by atoms with Gasteiger partial charge in [0.05, 0.1) is 17.5 Å². The lowest BCUT2D eigenvalue weighted by Gasteiger charge is -2.36. The molecule has 3 saturated heterocycles. The summed E-state index contributed by atoms with van der Waals surface area (Å²) >= 11 is 6.31. The van der Waals surface area contributed by atoms with Crippen molar-refractivity contribution < 1.29 is 14.4 Å². The van der Waals surface area contributed by atoms with Gasteiger partial charge >= 0.3 is 0 Å². The Morgan fingerprint density at radius 1 is 1.10 bits per heavy atom. The Bertz CT molecular complexity index is 1150. The molecule has 0 radical (unpaired) electrons. The Balaban J connectivity index is 1.57. The molecule has 6 nitrogen and oxygen atoms in total. The molecule has 30 heavy (non-hydrogen) atoms. The SMILES string of the molecule is Cc1cccc(N2C(=O)C3C4CCCN4C4(C(=O)Nc5ccc(Cl)cc54)C3C2=O)c1. The molecular formula is C23H20ClN3O3. The maximum atomic E-state index is 13.8. The molecule has 2 aromatic rings. The number of anilines is 2. The summed E-state index contributed by atoms with van der Waals surface area (Å²) in [7, 11) is 0. The van der Waals surface area contributed by atoms with E-state index in [-0.39, 0.29) is 23.8 Å². The summed E-state index contributed by atoms with van der Waals surface area (Å²) in [4.78, 5) is 44.3. The van der Waals surface area contributed by atoms with Crippen molar-refractivity contribution in [3.05, 3.63) is 58.6 Å². The van der Waals surface area contributed by atoms with Crippen LogP contribution in [0.5, 0.6) is 0 Å². The van der Waals surface area contributed by atoms with Gasteiger partial charge in [-0.25, -0.2) is 4.90 Å². The van der Waals surface area contributed by atoms with Gasteiger partial charge in [0.25, 0.3) is 0 Å². The highest BCUT2D eigenvalue weighted by Crippen LogP contribution is 2.60. The minimum absolute atomic E-state index is 0.128. The molecule has 0 aliphatic carbocycles. The van der Waals surface area contributed by atoms with Crippen LogP contribution in [0.4, 0.5) is 11.4 Å². The second-order valence-electron chi connectivity index (χ2n) is 8.67. The summed E-state index contributed by atoms with van der Waals surface area (Å²) in [5.74, 6) is -2.02. The van der Waals surface area contributed by atoms with Gasteiger partial charge in [-0.05, 0) is 62.2 Å². The largest absolute Gasteiger partial charge is 0.324 e. The number of hydrogen-bond donors (Lipinski definition) is 1. The van der Waals surface area contributed by atoms with Crippen LogP contribution in [0, 0.1) is 18.8 Å². The first-order valence-electron chi connectivity index (χ1n) is 10.3. The van der Waals surface area contributed by atoms with Crippen molar-refractivity contribution >= 4 is 40.7 Å². The lowest BCUT2D eigenvalue weighted by atomic mass is 9.75. The van der Waals surface area contributed by atoms with Crippen molar-refractivity contribution in [2.45, 2.75) is 31.3 Å². The number of nitrogens with one attached hydrogen (secondary N) is 1. The van der Waals surface area contributed by atoms with E-state index in [1.165, 1.54) is 4.90 Å². The van der Waals surface area contributed by atoms with Crippen LogP contribution in [0.25, 0.3) is 0 Å². The predicted molar refractivity (Wildman–Crippen MR) is 112 cm³/mol. The Morgan fingerprint density at radius 2 is 1.93 bits per heavy atom. The fourth-order valence-corrected chi connectivity index (χ4v) is 6.37. The van der Waals surface area contributed by atoms with Crippen LogP contribution in [0.2, 0.25) is 5.02 Å². The molecule has 0 aromatic heterocycles. The predicted octanol–water partition coefficient (Wildman–Crippen LogP) is 3.08. The van der Waals surface area contributed by atoms with Gasteiger partial charge in [0.15, 0.2) is 0 Å². The number of imide groups is 1. The third-order valence-electron chi connectivity index (χ3n) is 7.21. The van der Waals surface area contributed by atoms with Gasteiger partial charge in [-0.1, -0.05) is 23.7 Å². The fraction of sp³-hybridized carbons (Fsp3) is 0.348. The smallest absolute Gasteiger partial charge is 0.250 e. The summed E-state index contributed by atoms with van der Waals surface area (Å²) in [5, 5.41) is 3.47. The zero-order chi connectivity index (χ0) is 20.8. The minimum Gasteiger partial charge on any atom is -0.324 e. The first-order valence-corrected chi connectivity index (χ1v) is 10.6. The summed E-state index contributed by atoms with van der Waals surface area (Å²) in [6.45, 7) is 2.61. The van der Waals surface area contributed by atoms with Gasteiger partial charge in [0.2, 0.25) is 17.7 Å². The Morgan fingerprint density at radius 3 is 2.73 bits per heavy atom. The molecule has 2 aromatic carbocycles. The molecule has 1 N–H and O–H groups in total. The van der Waals surface area contributed by atoms with Gasteiger partial charge in [-0.2, -0.15) is 0 Å². The number of amides is 3. The topological polar surface area (TPSA) is 69.7 Å². The Hall–Kier alpha value is -2.70. The molecule has 1 spiro atoms. The van der Waals surface area contributed by atoms with Crippen LogP contribution < -0.4 is 10.2 Å². The van der Waals surface area contributed by atoms with E-state index in [1.807, 2.05) is 25.1 Å². The molecule has 7 heteroatoms. The molecule has 3 fully saturated rings. The zero-order valence-corrected chi connectivity index (χ0v) is 17.1. The molecular weight excluding hydrogens is 402 g/mol. The van der Waals surface area contributed by atoms with E-state index in [0.29, 0.717) is 28.5 Å². The summed E-state index contributed by atoms with van der Waals surface area (Å²) in [5.41, 5.74) is 1.75. The summed E-state index contributed by atoms with van der Waals surface area (Å²) in [6, 6.07) is 12.6. The highest BCUT2D eigenvalue weighted by atomic mass is 35.5. The van der Waals surface area contributed by atoms with E-state index >= 15 is 0 Å². The van der Waals surface area contributed by atoms with Crippen molar-refractivity contribution in [1.82, 2.24) is 4.90 Å². The van der Waals surface area contributed by atoms with Gasteiger partial charge in [-0.15, -0.1) is 0 Å². The van der Waals surface area contributed by atoms with Crippen molar-refractivity contribution in [3.63, 3.8) is 0 Å². The van der Waals surface area contributed by atoms with Crippen LogP contribution in [-0.4, -0.2) is 35.2 Å². The maximum absolute atomic E-state index is 13.8. The summed E-state index contributed by atoms with van der Waals surface area (Å²) in [6.07, 6.45) is 1.69. The van der Waals surface area contributed by atoms with Crippen molar-refractivity contribution in [3.8, 4) is 0 Å². The number of benzene rings is 2. The van der Waals surface area contributed by atoms with Crippen LogP contribution in [-0.2, 0) is 19.9 Å². The standard InChI is InChI=1S/C23H20ClN3O3/c1-12-4-2-5-14(10-12)27-20(28)18-17-6-3-9-26(17)23(19(18)21(27)29)15-11-13(24)7-8-16(15)25-22(23)30/h2,4-5,7-8,10-11,17-19H,3,6,9H2,1H3,(H,25,30). The van der Waals surface area contributed by atoms with Crippen LogP contribution >= 0.6 is 11.6 Å². The number of fused-ring (bicyclic) bond motifs is 7. The van der Waals surface area contributed by atoms with E-state index in [0.717, 1.165) is 18.4 Å². The van der Waals surface area contributed by atoms with E-state index in [2.05, 4.69) is 10.2 Å². The molecule has 6 rings (SSSR count). The molecule has 4 aliphatic rings. The van der Waals surface area contributed by atoms with E-state index in [9.17, 15) is 14.4 Å². The number of hydrogen-bond acceptors (Lipinski definition) is 4. The minimum atomic E-state index is -1.18. The zero-order valence-electron chi connectivity index (χ0n) is 16.4. The molecule has 4 atom stereocenters. The number of carbonyl (C=O) groups is 3. The molecule has 4 aliphatic heterocycles. The molecule has 0 bridgehead atoms. The quantitative estimate of drug-likeness (QED) is 0.718. The number of halogens is 1. The highest BCUT2D eigenvalue weighted by Gasteiger charge is 2.74. The Kier molecular flexibility index (Phi) is 3.58. The van der Waals surface area contributed by atoms with Crippen LogP contribution in [0.3, 0.4) is 0 Å². The molecule has 4 heterocycles. The first kappa shape index (κ1) is 18.1. The lowest BCUT2D eigenvalue weighted by molar-refractivity contribution is -0.135. The monoisotopic (exact) mass is 421 g/mol. The second-order valence-corrected chi connectivity index (χ2v) is 9.10. The molecule has 0 saturated carbocycles. The highest BCUT2D eigenvalue weighted by molar-refractivity contribution is 6.31. The van der Waals surface area contributed by atoms with E-state index in [1.54, 1.807) is 24.3 Å². The van der Waals surface area contributed by atoms with Gasteiger partial charge in [0.1, 0.15) is 5.54 Å². The van der Waals surface area contributed by atoms with E-state index < -0.39 is 17.4 Å². The average molecular weight is 422 g/mol. The second kappa shape index (κ2) is 5.93. The lowest BCUT2D eigenvalue weighted by Crippen LogP contribution is -2.54. The average Bonchev–Trinajstić information content (AvgIpc) is 3.40.